The Morgan fingerprint density at radius 3 is 3.00 bits per heavy atom. The van der Waals surface area contributed by atoms with E-state index < -0.39 is 12.7 Å². The molecule has 186 valence electrons. The van der Waals surface area contributed by atoms with Gasteiger partial charge in [0.15, 0.2) is 5.65 Å². The van der Waals surface area contributed by atoms with Gasteiger partial charge >= 0.3 is 6.61 Å². The minimum absolute atomic E-state index is 0.000538. The second kappa shape index (κ2) is 10.0. The Morgan fingerprint density at radius 1 is 1.29 bits per heavy atom. The van der Waals surface area contributed by atoms with Gasteiger partial charge in [-0.15, -0.1) is 0 Å². The number of anilines is 1. The molecule has 12 heteroatoms. The van der Waals surface area contributed by atoms with E-state index in [2.05, 4.69) is 20.1 Å². The zero-order valence-corrected chi connectivity index (χ0v) is 19.0. The van der Waals surface area contributed by atoms with Gasteiger partial charge in [-0.25, -0.2) is 4.52 Å². The first-order valence-electron chi connectivity index (χ1n) is 11.2. The number of carbonyl (C=O) groups is 1. The number of amides is 1. The smallest absolute Gasteiger partial charge is 0.387 e. The normalized spacial score (nSPS) is 20.0. The van der Waals surface area contributed by atoms with E-state index in [9.17, 15) is 13.6 Å². The van der Waals surface area contributed by atoms with E-state index >= 15 is 0 Å². The lowest BCUT2D eigenvalue weighted by molar-refractivity contribution is -0.138. The maximum absolute atomic E-state index is 13.0. The van der Waals surface area contributed by atoms with Crippen LogP contribution in [0.4, 0.5) is 14.5 Å². The second-order valence-corrected chi connectivity index (χ2v) is 8.23. The van der Waals surface area contributed by atoms with Crippen molar-refractivity contribution in [1.82, 2.24) is 19.5 Å². The second-order valence-electron chi connectivity index (χ2n) is 8.23. The molecule has 1 fully saturated rings. The molecule has 2 aliphatic rings. The lowest BCUT2D eigenvalue weighted by Gasteiger charge is -2.25. The molecule has 3 aromatic rings. The number of benzene rings is 1. The van der Waals surface area contributed by atoms with Crippen molar-refractivity contribution in [3.8, 4) is 22.8 Å². The van der Waals surface area contributed by atoms with Crippen molar-refractivity contribution in [1.29, 1.82) is 0 Å². The maximum atomic E-state index is 13.0. The number of hydrogen-bond acceptors (Lipinski definition) is 8. The molecule has 1 N–H and O–H groups in total. The number of nitrogens with zero attached hydrogens (tertiary/aromatic N) is 4. The number of hydrogen-bond donors (Lipinski definition) is 1. The largest absolute Gasteiger partial charge is 0.475 e. The van der Waals surface area contributed by atoms with E-state index in [-0.39, 0.29) is 24.3 Å². The Balaban J connectivity index is 1.49. The minimum Gasteiger partial charge on any atom is -0.475 e. The number of halogens is 2. The van der Waals surface area contributed by atoms with Gasteiger partial charge in [-0.2, -0.15) is 18.9 Å². The highest BCUT2D eigenvalue weighted by Gasteiger charge is 2.40. The summed E-state index contributed by atoms with van der Waals surface area (Å²) in [5.74, 6) is 0.243. The minimum atomic E-state index is -2.97. The van der Waals surface area contributed by atoms with Gasteiger partial charge in [0.05, 0.1) is 25.5 Å². The molecular formula is C23H25F2N5O5. The topological polar surface area (TPSA) is 99.4 Å². The van der Waals surface area contributed by atoms with Crippen molar-refractivity contribution in [3.05, 3.63) is 36.7 Å². The van der Waals surface area contributed by atoms with Crippen LogP contribution in [-0.2, 0) is 14.3 Å². The summed E-state index contributed by atoms with van der Waals surface area (Å²) in [5.41, 5.74) is 2.31. The highest BCUT2D eigenvalue weighted by Crippen LogP contribution is 2.32. The van der Waals surface area contributed by atoms with Crippen molar-refractivity contribution in [2.45, 2.75) is 25.2 Å². The molecule has 0 radical (unpaired) electrons. The van der Waals surface area contributed by atoms with E-state index in [4.69, 9.17) is 14.2 Å². The van der Waals surface area contributed by atoms with Crippen LogP contribution in [0.1, 0.15) is 6.42 Å². The molecule has 2 atom stereocenters. The van der Waals surface area contributed by atoms with Crippen LogP contribution >= 0.6 is 0 Å². The van der Waals surface area contributed by atoms with Gasteiger partial charge in [0.25, 0.3) is 5.91 Å². The van der Waals surface area contributed by atoms with Crippen LogP contribution in [0.15, 0.2) is 36.7 Å². The molecule has 4 bridgehead atoms. The highest BCUT2D eigenvalue weighted by molar-refractivity contribution is 5.84. The molecule has 10 nitrogen and oxygen atoms in total. The monoisotopic (exact) mass is 489 g/mol. The van der Waals surface area contributed by atoms with E-state index in [0.717, 1.165) is 0 Å². The number of alkyl halides is 2. The fourth-order valence-electron chi connectivity index (χ4n) is 4.37. The van der Waals surface area contributed by atoms with Gasteiger partial charge in [-0.3, -0.25) is 4.79 Å². The number of ether oxygens (including phenoxy) is 4. The summed E-state index contributed by atoms with van der Waals surface area (Å²) in [6.45, 7) is -1.25. The SMILES string of the molecule is COCCO[C@@H]1C[C@H]2COc3ccn4ncc(c4n3)-c3cc(cc(OC(F)F)c3)NCCN2C1=O. The van der Waals surface area contributed by atoms with Gasteiger partial charge in [-0.1, -0.05) is 0 Å². The van der Waals surface area contributed by atoms with Crippen LogP contribution in [-0.4, -0.2) is 84.2 Å². The van der Waals surface area contributed by atoms with Gasteiger partial charge in [0.2, 0.25) is 5.88 Å². The van der Waals surface area contributed by atoms with Crippen LogP contribution in [0.5, 0.6) is 11.6 Å². The van der Waals surface area contributed by atoms with Gasteiger partial charge < -0.3 is 29.2 Å². The van der Waals surface area contributed by atoms with Crippen molar-refractivity contribution >= 4 is 17.2 Å². The van der Waals surface area contributed by atoms with E-state index in [1.165, 1.54) is 12.1 Å². The Labute approximate surface area is 199 Å². The number of carbonyl (C=O) groups excluding carboxylic acids is 1. The fraction of sp³-hybridized carbons (Fsp3) is 0.435. The summed E-state index contributed by atoms with van der Waals surface area (Å²) in [6.07, 6.45) is 3.22. The lowest BCUT2D eigenvalue weighted by Crippen LogP contribution is -2.41. The van der Waals surface area contributed by atoms with Crippen molar-refractivity contribution in [3.63, 3.8) is 0 Å². The molecule has 1 amide bonds. The Morgan fingerprint density at radius 2 is 2.17 bits per heavy atom. The number of rotatable bonds is 6. The third-order valence-corrected chi connectivity index (χ3v) is 5.98. The highest BCUT2D eigenvalue weighted by atomic mass is 19.3. The van der Waals surface area contributed by atoms with E-state index in [1.54, 1.807) is 41.1 Å². The average Bonchev–Trinajstić information content (AvgIpc) is 3.38. The summed E-state index contributed by atoms with van der Waals surface area (Å²) in [5, 5.41) is 7.53. The molecule has 0 spiro atoms. The summed E-state index contributed by atoms with van der Waals surface area (Å²) >= 11 is 0. The average molecular weight is 489 g/mol. The van der Waals surface area contributed by atoms with Crippen LogP contribution in [0, 0.1) is 0 Å². The van der Waals surface area contributed by atoms with Crippen molar-refractivity contribution in [2.75, 3.05) is 45.3 Å². The molecule has 4 heterocycles. The first-order valence-corrected chi connectivity index (χ1v) is 11.2. The summed E-state index contributed by atoms with van der Waals surface area (Å²) < 4.78 is 48.9. The Bertz CT molecular complexity index is 1210. The molecule has 2 aromatic heterocycles. The predicted molar refractivity (Wildman–Crippen MR) is 121 cm³/mol. The van der Waals surface area contributed by atoms with Crippen molar-refractivity contribution in [2.24, 2.45) is 0 Å². The predicted octanol–water partition coefficient (Wildman–Crippen LogP) is 2.43. The van der Waals surface area contributed by atoms with Crippen LogP contribution in [0.25, 0.3) is 16.8 Å². The maximum Gasteiger partial charge on any atom is 0.387 e. The third-order valence-electron chi connectivity index (χ3n) is 5.98. The standard InChI is InChI=1S/C23H25F2N5O5/c1-32-6-7-33-19-11-16-13-34-20-2-4-30-21(28-20)18(12-27-30)14-8-15(10-17(9-14)35-23(24)25)26-3-5-29(16)22(19)31/h2,4,8-10,12,16,19,23,26H,3,5-7,11,13H2,1H3/t16-,19+/m0/s1. The van der Waals surface area contributed by atoms with E-state index in [1.807, 2.05) is 0 Å². The Hall–Kier alpha value is -3.51. The number of fused-ring (bicyclic) bond motifs is 5. The molecule has 1 saturated heterocycles. The van der Waals surface area contributed by atoms with E-state index in [0.29, 0.717) is 61.1 Å². The molecular weight excluding hydrogens is 464 g/mol. The fourth-order valence-corrected chi connectivity index (χ4v) is 4.37. The number of methoxy groups -OCH3 is 1. The molecule has 5 rings (SSSR count). The molecule has 0 saturated carbocycles. The Kier molecular flexibility index (Phi) is 6.64. The van der Waals surface area contributed by atoms with Crippen LogP contribution in [0.2, 0.25) is 0 Å². The van der Waals surface area contributed by atoms with Crippen molar-refractivity contribution < 1.29 is 32.5 Å². The number of aromatic nitrogens is 3. The lowest BCUT2D eigenvalue weighted by atomic mass is 10.1. The summed E-state index contributed by atoms with van der Waals surface area (Å²) in [6, 6.07) is 6.28. The number of nitrogens with one attached hydrogen (secondary N) is 1. The third kappa shape index (κ3) is 4.98. The molecule has 0 unspecified atom stereocenters. The van der Waals surface area contributed by atoms with Gasteiger partial charge in [-0.05, 0) is 17.7 Å². The zero-order chi connectivity index (χ0) is 24.4. The molecule has 0 aliphatic carbocycles. The molecule has 1 aromatic carbocycles. The summed E-state index contributed by atoms with van der Waals surface area (Å²) in [7, 11) is 1.57. The van der Waals surface area contributed by atoms with Crippen LogP contribution < -0.4 is 14.8 Å². The van der Waals surface area contributed by atoms with Gasteiger partial charge in [0, 0.05) is 56.2 Å². The molecule has 2 aliphatic heterocycles. The first kappa shape index (κ1) is 23.2. The summed E-state index contributed by atoms with van der Waals surface area (Å²) in [4.78, 5) is 19.3. The van der Waals surface area contributed by atoms with Gasteiger partial charge in [0.1, 0.15) is 18.5 Å². The van der Waals surface area contributed by atoms with Crippen LogP contribution in [0.3, 0.4) is 0 Å². The molecule has 35 heavy (non-hydrogen) atoms. The quantitative estimate of drug-likeness (QED) is 0.528. The zero-order valence-electron chi connectivity index (χ0n) is 19.0. The first-order chi connectivity index (χ1) is 17.0.